The predicted molar refractivity (Wildman–Crippen MR) is 106 cm³/mol. The van der Waals surface area contributed by atoms with Gasteiger partial charge in [0.25, 0.3) is 0 Å². The van der Waals surface area contributed by atoms with Crippen LogP contribution in [0.5, 0.6) is 5.88 Å². The molecule has 4 aromatic rings. The average molecular weight is 357 g/mol. The zero-order valence-corrected chi connectivity index (χ0v) is 15.4. The monoisotopic (exact) mass is 357 g/mol. The third-order valence-electron chi connectivity index (χ3n) is 4.23. The highest BCUT2D eigenvalue weighted by atomic mass is 16.5. The van der Waals surface area contributed by atoms with Crippen LogP contribution in [0, 0.1) is 11.8 Å². The number of hydrogen-bond acceptors (Lipinski definition) is 4. The van der Waals surface area contributed by atoms with Crippen LogP contribution in [0.3, 0.4) is 0 Å². The summed E-state index contributed by atoms with van der Waals surface area (Å²) in [7, 11) is 1.61. The van der Waals surface area contributed by atoms with Gasteiger partial charge < -0.3 is 9.84 Å². The predicted octanol–water partition coefficient (Wildman–Crippen LogP) is 3.68. The van der Waals surface area contributed by atoms with Gasteiger partial charge in [0.05, 0.1) is 29.9 Å². The lowest BCUT2D eigenvalue weighted by atomic mass is 10.0. The summed E-state index contributed by atoms with van der Waals surface area (Å²) < 4.78 is 7.00. The van der Waals surface area contributed by atoms with Crippen LogP contribution in [0.25, 0.3) is 27.5 Å². The van der Waals surface area contributed by atoms with E-state index in [2.05, 4.69) is 28.0 Å². The first-order chi connectivity index (χ1) is 12.9. The van der Waals surface area contributed by atoms with Crippen molar-refractivity contribution in [3.8, 4) is 28.8 Å². The van der Waals surface area contributed by atoms with Crippen molar-refractivity contribution in [2.45, 2.75) is 19.4 Å². The van der Waals surface area contributed by atoms with Crippen LogP contribution in [-0.4, -0.2) is 32.4 Å². The first-order valence-corrected chi connectivity index (χ1v) is 8.62. The SMILES string of the molecule is COc1ccc2cc(-c3cnn4cccc(C#CC(C)(C)O)c34)ccc2n1. The summed E-state index contributed by atoms with van der Waals surface area (Å²) in [5.41, 5.74) is 3.56. The minimum Gasteiger partial charge on any atom is -0.481 e. The molecular formula is C22H19N3O2. The number of fused-ring (bicyclic) bond motifs is 2. The molecule has 0 aliphatic carbocycles. The highest BCUT2D eigenvalue weighted by molar-refractivity contribution is 5.90. The molecule has 0 unspecified atom stereocenters. The number of methoxy groups -OCH3 is 1. The molecule has 1 aromatic carbocycles. The van der Waals surface area contributed by atoms with Crippen LogP contribution in [0.15, 0.2) is 54.9 Å². The Morgan fingerprint density at radius 2 is 2.00 bits per heavy atom. The summed E-state index contributed by atoms with van der Waals surface area (Å²) in [4.78, 5) is 4.46. The molecule has 5 heteroatoms. The zero-order chi connectivity index (χ0) is 19.0. The van der Waals surface area contributed by atoms with E-state index in [1.165, 1.54) is 0 Å². The number of aromatic nitrogens is 3. The van der Waals surface area contributed by atoms with Crippen molar-refractivity contribution in [3.05, 3.63) is 60.4 Å². The highest BCUT2D eigenvalue weighted by Gasteiger charge is 2.12. The number of hydrogen-bond donors (Lipinski definition) is 1. The minimum atomic E-state index is -1.05. The normalized spacial score (nSPS) is 11.4. The fraction of sp³-hybridized carbons (Fsp3) is 0.182. The molecule has 0 radical (unpaired) electrons. The molecule has 134 valence electrons. The maximum Gasteiger partial charge on any atom is 0.213 e. The molecule has 0 saturated carbocycles. The van der Waals surface area contributed by atoms with Gasteiger partial charge in [-0.3, -0.25) is 0 Å². The Labute approximate surface area is 157 Å². The van der Waals surface area contributed by atoms with E-state index in [1.807, 2.05) is 48.8 Å². The molecule has 0 amide bonds. The Morgan fingerprint density at radius 3 is 2.78 bits per heavy atom. The van der Waals surface area contributed by atoms with Crippen molar-refractivity contribution in [1.29, 1.82) is 0 Å². The lowest BCUT2D eigenvalue weighted by Crippen LogP contribution is -2.14. The van der Waals surface area contributed by atoms with Gasteiger partial charge in [0.15, 0.2) is 0 Å². The Kier molecular flexibility index (Phi) is 4.06. The zero-order valence-electron chi connectivity index (χ0n) is 15.4. The lowest BCUT2D eigenvalue weighted by Gasteiger charge is -2.07. The number of nitrogens with zero attached hydrogens (tertiary/aromatic N) is 3. The first kappa shape index (κ1) is 17.1. The molecule has 0 bridgehead atoms. The second-order valence-corrected chi connectivity index (χ2v) is 6.84. The molecule has 3 heterocycles. The molecule has 0 saturated heterocycles. The maximum absolute atomic E-state index is 9.94. The molecule has 0 aliphatic rings. The van der Waals surface area contributed by atoms with E-state index in [0.29, 0.717) is 5.88 Å². The van der Waals surface area contributed by atoms with Crippen molar-refractivity contribution >= 4 is 16.4 Å². The smallest absolute Gasteiger partial charge is 0.213 e. The van der Waals surface area contributed by atoms with Crippen LogP contribution >= 0.6 is 0 Å². The number of benzene rings is 1. The third-order valence-corrected chi connectivity index (χ3v) is 4.23. The van der Waals surface area contributed by atoms with Crippen molar-refractivity contribution < 1.29 is 9.84 Å². The maximum atomic E-state index is 9.94. The van der Waals surface area contributed by atoms with E-state index in [0.717, 1.165) is 33.1 Å². The molecule has 4 rings (SSSR count). The van der Waals surface area contributed by atoms with Crippen LogP contribution < -0.4 is 4.74 Å². The highest BCUT2D eigenvalue weighted by Crippen LogP contribution is 2.29. The summed E-state index contributed by atoms with van der Waals surface area (Å²) in [6.45, 7) is 3.34. The Balaban J connectivity index is 1.89. The summed E-state index contributed by atoms with van der Waals surface area (Å²) >= 11 is 0. The fourth-order valence-electron chi connectivity index (χ4n) is 2.96. The van der Waals surface area contributed by atoms with Crippen LogP contribution in [0.4, 0.5) is 0 Å². The second-order valence-electron chi connectivity index (χ2n) is 6.84. The van der Waals surface area contributed by atoms with Gasteiger partial charge >= 0.3 is 0 Å². The quantitative estimate of drug-likeness (QED) is 0.556. The third kappa shape index (κ3) is 3.35. The van der Waals surface area contributed by atoms with E-state index in [4.69, 9.17) is 4.74 Å². The summed E-state index contributed by atoms with van der Waals surface area (Å²) in [5.74, 6) is 6.56. The van der Waals surface area contributed by atoms with Gasteiger partial charge in [-0.05, 0) is 49.7 Å². The number of pyridine rings is 2. The molecule has 27 heavy (non-hydrogen) atoms. The molecular weight excluding hydrogens is 338 g/mol. The van der Waals surface area contributed by atoms with Gasteiger partial charge in [-0.2, -0.15) is 5.10 Å². The lowest BCUT2D eigenvalue weighted by molar-refractivity contribution is 0.143. The Hall–Kier alpha value is -3.36. The van der Waals surface area contributed by atoms with Gasteiger partial charge in [-0.15, -0.1) is 0 Å². The molecule has 5 nitrogen and oxygen atoms in total. The van der Waals surface area contributed by atoms with E-state index in [-0.39, 0.29) is 0 Å². The summed E-state index contributed by atoms with van der Waals surface area (Å²) in [5, 5.41) is 15.4. The topological polar surface area (TPSA) is 59.7 Å². The summed E-state index contributed by atoms with van der Waals surface area (Å²) in [6.07, 6.45) is 3.73. The van der Waals surface area contributed by atoms with Crippen LogP contribution in [0.1, 0.15) is 19.4 Å². The standard InChI is InChI=1S/C22H19N3O2/c1-22(2,26)11-10-15-5-4-12-25-21(15)18(14-23-25)16-6-8-19-17(13-16)7-9-20(24-19)27-3/h4-9,12-14,26H,1-3H3. The molecule has 3 aromatic heterocycles. The molecule has 0 aliphatic heterocycles. The molecule has 1 N–H and O–H groups in total. The molecule has 0 spiro atoms. The van der Waals surface area contributed by atoms with E-state index < -0.39 is 5.60 Å². The van der Waals surface area contributed by atoms with E-state index >= 15 is 0 Å². The van der Waals surface area contributed by atoms with Gasteiger partial charge in [0.1, 0.15) is 5.60 Å². The van der Waals surface area contributed by atoms with Gasteiger partial charge in [-0.25, -0.2) is 9.50 Å². The average Bonchev–Trinajstić information content (AvgIpc) is 3.09. The number of rotatable bonds is 2. The molecule has 0 atom stereocenters. The van der Waals surface area contributed by atoms with Crippen molar-refractivity contribution in [2.24, 2.45) is 0 Å². The summed E-state index contributed by atoms with van der Waals surface area (Å²) in [6, 6.07) is 13.8. The van der Waals surface area contributed by atoms with Gasteiger partial charge in [-0.1, -0.05) is 17.9 Å². The molecule has 0 fully saturated rings. The van der Waals surface area contributed by atoms with Crippen molar-refractivity contribution in [2.75, 3.05) is 7.11 Å². The van der Waals surface area contributed by atoms with Gasteiger partial charge in [0.2, 0.25) is 5.88 Å². The second kappa shape index (κ2) is 6.42. The number of ether oxygens (including phenoxy) is 1. The minimum absolute atomic E-state index is 0.593. The van der Waals surface area contributed by atoms with Crippen molar-refractivity contribution in [1.82, 2.24) is 14.6 Å². The first-order valence-electron chi connectivity index (χ1n) is 8.62. The van der Waals surface area contributed by atoms with E-state index in [9.17, 15) is 5.11 Å². The largest absolute Gasteiger partial charge is 0.481 e. The van der Waals surface area contributed by atoms with E-state index in [1.54, 1.807) is 25.5 Å². The fourth-order valence-corrected chi connectivity index (χ4v) is 2.96. The van der Waals surface area contributed by atoms with Gasteiger partial charge in [0, 0.05) is 23.2 Å². The van der Waals surface area contributed by atoms with Crippen LogP contribution in [-0.2, 0) is 0 Å². The Morgan fingerprint density at radius 1 is 1.15 bits per heavy atom. The van der Waals surface area contributed by atoms with Crippen molar-refractivity contribution in [3.63, 3.8) is 0 Å². The van der Waals surface area contributed by atoms with Crippen LogP contribution in [0.2, 0.25) is 0 Å². The Bertz CT molecular complexity index is 1210. The number of aliphatic hydroxyl groups is 1.